The van der Waals surface area contributed by atoms with Gasteiger partial charge in [0.2, 0.25) is 5.82 Å². The molecule has 0 spiro atoms. The summed E-state index contributed by atoms with van der Waals surface area (Å²) in [5, 5.41) is 12.6. The molecule has 0 aliphatic rings. The number of nitrogens with two attached hydrogens (primary N) is 1. The van der Waals surface area contributed by atoms with Crippen molar-refractivity contribution in [3.63, 3.8) is 0 Å². The lowest BCUT2D eigenvalue weighted by atomic mass is 10.3. The van der Waals surface area contributed by atoms with Gasteiger partial charge in [0.05, 0.1) is 11.5 Å². The highest BCUT2D eigenvalue weighted by molar-refractivity contribution is 5.59. The van der Waals surface area contributed by atoms with E-state index in [-0.39, 0.29) is 17.3 Å². The van der Waals surface area contributed by atoms with E-state index in [1.807, 2.05) is 0 Å². The van der Waals surface area contributed by atoms with E-state index in [4.69, 9.17) is 5.73 Å². The zero-order chi connectivity index (χ0) is 11.4. The Balaban J connectivity index is 2.92. The number of rotatable bonds is 4. The quantitative estimate of drug-likeness (QED) is 0.585. The number of anilines is 2. The fraction of sp³-hybridized carbons (Fsp3) is 0.286. The van der Waals surface area contributed by atoms with E-state index in [9.17, 15) is 18.9 Å². The number of pyridine rings is 1. The molecule has 0 unspecified atom stereocenters. The molecule has 0 aromatic carbocycles. The van der Waals surface area contributed by atoms with Crippen LogP contribution in [0.4, 0.5) is 26.1 Å². The number of nitrogens with one attached hydrogen (secondary N) is 1. The highest BCUT2D eigenvalue weighted by Crippen LogP contribution is 2.22. The van der Waals surface area contributed by atoms with Crippen LogP contribution in [-0.4, -0.2) is 22.9 Å². The van der Waals surface area contributed by atoms with Crippen molar-refractivity contribution in [3.8, 4) is 0 Å². The first-order chi connectivity index (χ1) is 7.00. The minimum Gasteiger partial charge on any atom is -0.384 e. The summed E-state index contributed by atoms with van der Waals surface area (Å²) < 4.78 is 23.7. The molecule has 8 heteroatoms. The average molecular weight is 218 g/mol. The molecule has 0 saturated carbocycles. The van der Waals surface area contributed by atoms with Crippen LogP contribution in [0.5, 0.6) is 0 Å². The standard InChI is InChI=1S/C7H8F2N4O2/c8-5(9)3-11-7-4(13(14)15)1-2-6(10)12-7/h1-2,5H,3H2,(H3,10,11,12). The Hall–Kier alpha value is -1.99. The molecule has 15 heavy (non-hydrogen) atoms. The highest BCUT2D eigenvalue weighted by Gasteiger charge is 2.16. The van der Waals surface area contributed by atoms with Crippen LogP contribution in [0.2, 0.25) is 0 Å². The van der Waals surface area contributed by atoms with Crippen LogP contribution in [0, 0.1) is 10.1 Å². The molecule has 6 nitrogen and oxygen atoms in total. The molecule has 1 heterocycles. The maximum Gasteiger partial charge on any atom is 0.311 e. The molecule has 0 fully saturated rings. The predicted molar refractivity (Wildman–Crippen MR) is 49.8 cm³/mol. The summed E-state index contributed by atoms with van der Waals surface area (Å²) in [7, 11) is 0. The van der Waals surface area contributed by atoms with Gasteiger partial charge in [0, 0.05) is 6.07 Å². The van der Waals surface area contributed by atoms with Gasteiger partial charge in [-0.15, -0.1) is 0 Å². The highest BCUT2D eigenvalue weighted by atomic mass is 19.3. The smallest absolute Gasteiger partial charge is 0.311 e. The van der Waals surface area contributed by atoms with E-state index in [1.54, 1.807) is 0 Å². The van der Waals surface area contributed by atoms with E-state index < -0.39 is 17.9 Å². The Bertz CT molecular complexity index is 372. The molecular weight excluding hydrogens is 210 g/mol. The number of nitrogens with zero attached hydrogens (tertiary/aromatic N) is 2. The lowest BCUT2D eigenvalue weighted by molar-refractivity contribution is -0.384. The van der Waals surface area contributed by atoms with E-state index in [2.05, 4.69) is 10.3 Å². The minimum atomic E-state index is -2.62. The zero-order valence-corrected chi connectivity index (χ0v) is 7.48. The van der Waals surface area contributed by atoms with Crippen molar-refractivity contribution >= 4 is 17.3 Å². The van der Waals surface area contributed by atoms with Crippen molar-refractivity contribution in [1.29, 1.82) is 0 Å². The number of aromatic nitrogens is 1. The summed E-state index contributed by atoms with van der Waals surface area (Å²) in [6, 6.07) is 2.34. The van der Waals surface area contributed by atoms with Gasteiger partial charge in [-0.2, -0.15) is 0 Å². The number of halogens is 2. The van der Waals surface area contributed by atoms with Crippen molar-refractivity contribution in [2.45, 2.75) is 6.43 Å². The molecule has 0 saturated heterocycles. The molecule has 0 radical (unpaired) electrons. The maximum atomic E-state index is 11.9. The second kappa shape index (κ2) is 4.49. The van der Waals surface area contributed by atoms with Gasteiger partial charge in [-0.25, -0.2) is 13.8 Å². The monoisotopic (exact) mass is 218 g/mol. The molecule has 1 aromatic rings. The molecule has 0 aliphatic carbocycles. The molecule has 82 valence electrons. The number of alkyl halides is 2. The Labute approximate surface area is 83.3 Å². The largest absolute Gasteiger partial charge is 0.384 e. The van der Waals surface area contributed by atoms with Crippen LogP contribution >= 0.6 is 0 Å². The lowest BCUT2D eigenvalue weighted by Crippen LogP contribution is -2.13. The molecule has 1 aromatic heterocycles. The Morgan fingerprint density at radius 3 is 2.80 bits per heavy atom. The van der Waals surface area contributed by atoms with Crippen molar-refractivity contribution < 1.29 is 13.7 Å². The normalized spacial score (nSPS) is 10.3. The maximum absolute atomic E-state index is 11.9. The van der Waals surface area contributed by atoms with E-state index in [1.165, 1.54) is 6.07 Å². The zero-order valence-electron chi connectivity index (χ0n) is 7.48. The van der Waals surface area contributed by atoms with Crippen molar-refractivity contribution in [2.75, 3.05) is 17.6 Å². The van der Waals surface area contributed by atoms with Gasteiger partial charge in [-0.05, 0) is 6.07 Å². The second-order valence-corrected chi connectivity index (χ2v) is 2.63. The van der Waals surface area contributed by atoms with Crippen molar-refractivity contribution in [1.82, 2.24) is 4.98 Å². The van der Waals surface area contributed by atoms with Crippen LogP contribution in [-0.2, 0) is 0 Å². The first-order valence-corrected chi connectivity index (χ1v) is 3.93. The van der Waals surface area contributed by atoms with Gasteiger partial charge >= 0.3 is 5.69 Å². The van der Waals surface area contributed by atoms with E-state index in [0.717, 1.165) is 6.07 Å². The second-order valence-electron chi connectivity index (χ2n) is 2.63. The van der Waals surface area contributed by atoms with Gasteiger partial charge in [0.15, 0.2) is 0 Å². The van der Waals surface area contributed by atoms with Gasteiger partial charge < -0.3 is 11.1 Å². The number of hydrogen-bond acceptors (Lipinski definition) is 5. The topological polar surface area (TPSA) is 94.1 Å². The fourth-order valence-electron chi connectivity index (χ4n) is 0.918. The number of nitro groups is 1. The van der Waals surface area contributed by atoms with Crippen molar-refractivity contribution in [2.24, 2.45) is 0 Å². The first-order valence-electron chi connectivity index (χ1n) is 3.93. The van der Waals surface area contributed by atoms with Gasteiger partial charge in [-0.3, -0.25) is 10.1 Å². The summed E-state index contributed by atoms with van der Waals surface area (Å²) in [6.45, 7) is -0.711. The fourth-order valence-corrected chi connectivity index (χ4v) is 0.918. The predicted octanol–water partition coefficient (Wildman–Crippen LogP) is 1.25. The molecule has 3 N–H and O–H groups in total. The lowest BCUT2D eigenvalue weighted by Gasteiger charge is -2.05. The summed E-state index contributed by atoms with van der Waals surface area (Å²) >= 11 is 0. The summed E-state index contributed by atoms with van der Waals surface area (Å²) in [4.78, 5) is 13.3. The van der Waals surface area contributed by atoms with Crippen LogP contribution in [0.1, 0.15) is 0 Å². The van der Waals surface area contributed by atoms with Crippen LogP contribution < -0.4 is 11.1 Å². The average Bonchev–Trinajstić information content (AvgIpc) is 2.14. The summed E-state index contributed by atoms with van der Waals surface area (Å²) in [5.74, 6) is -0.224. The van der Waals surface area contributed by atoms with Crippen LogP contribution in [0.25, 0.3) is 0 Å². The molecule has 0 amide bonds. The molecule has 0 atom stereocenters. The number of hydrogen-bond donors (Lipinski definition) is 2. The Morgan fingerprint density at radius 1 is 1.60 bits per heavy atom. The Kier molecular flexibility index (Phi) is 3.32. The molecule has 1 rings (SSSR count). The molecule has 0 aliphatic heterocycles. The third kappa shape index (κ3) is 3.01. The minimum absolute atomic E-state index is 0.0253. The SMILES string of the molecule is Nc1ccc([N+](=O)[O-])c(NCC(F)F)n1. The van der Waals surface area contributed by atoms with Gasteiger partial charge in [0.25, 0.3) is 6.43 Å². The third-order valence-corrected chi connectivity index (χ3v) is 1.52. The first kappa shape index (κ1) is 11.1. The van der Waals surface area contributed by atoms with Crippen LogP contribution in [0.15, 0.2) is 12.1 Å². The van der Waals surface area contributed by atoms with Gasteiger partial charge in [0.1, 0.15) is 5.82 Å². The van der Waals surface area contributed by atoms with Crippen molar-refractivity contribution in [3.05, 3.63) is 22.2 Å². The molecular formula is C7H8F2N4O2. The number of nitrogen functional groups attached to an aromatic ring is 1. The van der Waals surface area contributed by atoms with E-state index >= 15 is 0 Å². The molecule has 0 bridgehead atoms. The summed E-state index contributed by atoms with van der Waals surface area (Å²) in [5.41, 5.74) is 4.89. The summed E-state index contributed by atoms with van der Waals surface area (Å²) in [6.07, 6.45) is -2.62. The van der Waals surface area contributed by atoms with E-state index in [0.29, 0.717) is 0 Å². The van der Waals surface area contributed by atoms with Crippen LogP contribution in [0.3, 0.4) is 0 Å². The Morgan fingerprint density at radius 2 is 2.27 bits per heavy atom. The third-order valence-electron chi connectivity index (χ3n) is 1.52. The van der Waals surface area contributed by atoms with Gasteiger partial charge in [-0.1, -0.05) is 0 Å².